The van der Waals surface area contributed by atoms with E-state index >= 15 is 0 Å². The molecule has 3 fully saturated rings. The van der Waals surface area contributed by atoms with E-state index in [0.717, 1.165) is 24.8 Å². The Bertz CT molecular complexity index is 332. The first kappa shape index (κ1) is 14.4. The molecule has 3 rings (SSSR count). The third kappa shape index (κ3) is 3.55. The van der Waals surface area contributed by atoms with Crippen LogP contribution in [-0.2, 0) is 4.79 Å². The molecular formula is C17H30N2O. The number of rotatable bonds is 4. The molecule has 114 valence electrons. The molecule has 0 aromatic heterocycles. The first-order chi connectivity index (χ1) is 9.70. The minimum Gasteiger partial charge on any atom is -0.356 e. The summed E-state index contributed by atoms with van der Waals surface area (Å²) >= 11 is 0. The smallest absolute Gasteiger partial charge is 0.220 e. The lowest BCUT2D eigenvalue weighted by molar-refractivity contribution is -0.122. The second-order valence-corrected chi connectivity index (χ2v) is 7.51. The molecular weight excluding hydrogens is 248 g/mol. The predicted molar refractivity (Wildman–Crippen MR) is 81.4 cm³/mol. The summed E-state index contributed by atoms with van der Waals surface area (Å²) in [6.45, 7) is 3.26. The monoisotopic (exact) mass is 278 g/mol. The molecule has 2 aliphatic heterocycles. The predicted octanol–water partition coefficient (Wildman–Crippen LogP) is 2.85. The molecule has 1 amide bonds. The van der Waals surface area contributed by atoms with E-state index in [-0.39, 0.29) is 0 Å². The van der Waals surface area contributed by atoms with Crippen molar-refractivity contribution in [2.24, 2.45) is 17.8 Å². The van der Waals surface area contributed by atoms with Gasteiger partial charge < -0.3 is 10.6 Å². The van der Waals surface area contributed by atoms with Crippen LogP contribution in [0.2, 0.25) is 0 Å². The summed E-state index contributed by atoms with van der Waals surface area (Å²) in [5.41, 5.74) is 0. The zero-order chi connectivity index (χ0) is 13.9. The lowest BCUT2D eigenvalue weighted by atomic mass is 9.80. The van der Waals surface area contributed by atoms with Gasteiger partial charge in [0, 0.05) is 25.0 Å². The van der Waals surface area contributed by atoms with E-state index in [1.165, 1.54) is 51.4 Å². The van der Waals surface area contributed by atoms with Crippen molar-refractivity contribution in [3.05, 3.63) is 0 Å². The van der Waals surface area contributed by atoms with Gasteiger partial charge in [-0.1, -0.05) is 26.2 Å². The van der Waals surface area contributed by atoms with Crippen LogP contribution < -0.4 is 10.6 Å². The Kier molecular flexibility index (Phi) is 4.65. The molecule has 3 nitrogen and oxygen atoms in total. The number of piperidine rings is 1. The summed E-state index contributed by atoms with van der Waals surface area (Å²) in [6, 6.07) is 1.40. The molecule has 20 heavy (non-hydrogen) atoms. The number of hydrogen-bond donors (Lipinski definition) is 2. The molecule has 4 unspecified atom stereocenters. The maximum atomic E-state index is 12.2. The van der Waals surface area contributed by atoms with E-state index in [4.69, 9.17) is 0 Å². The van der Waals surface area contributed by atoms with Gasteiger partial charge in [0.05, 0.1) is 0 Å². The Morgan fingerprint density at radius 2 is 1.80 bits per heavy atom. The number of hydrogen-bond acceptors (Lipinski definition) is 2. The fraction of sp³-hybridized carbons (Fsp3) is 0.941. The highest BCUT2D eigenvalue weighted by atomic mass is 16.1. The van der Waals surface area contributed by atoms with Crippen LogP contribution in [0.15, 0.2) is 0 Å². The third-order valence-corrected chi connectivity index (χ3v) is 5.90. The molecule has 2 N–H and O–H groups in total. The lowest BCUT2D eigenvalue weighted by Gasteiger charge is -2.30. The average Bonchev–Trinajstić information content (AvgIpc) is 2.77. The zero-order valence-electron chi connectivity index (χ0n) is 12.9. The van der Waals surface area contributed by atoms with Crippen LogP contribution in [0, 0.1) is 17.8 Å². The Labute approximate surface area is 123 Å². The number of carbonyl (C=O) groups excluding carboxylic acids is 1. The normalized spacial score (nSPS) is 40.5. The molecule has 3 heteroatoms. The zero-order valence-corrected chi connectivity index (χ0v) is 12.9. The summed E-state index contributed by atoms with van der Waals surface area (Å²) in [4.78, 5) is 12.2. The van der Waals surface area contributed by atoms with Gasteiger partial charge in [0.1, 0.15) is 0 Å². The van der Waals surface area contributed by atoms with Crippen LogP contribution in [-0.4, -0.2) is 24.5 Å². The summed E-state index contributed by atoms with van der Waals surface area (Å²) in [7, 11) is 0. The van der Waals surface area contributed by atoms with Crippen molar-refractivity contribution in [3.8, 4) is 0 Å². The van der Waals surface area contributed by atoms with Crippen molar-refractivity contribution < 1.29 is 4.79 Å². The van der Waals surface area contributed by atoms with Crippen molar-refractivity contribution >= 4 is 5.91 Å². The molecule has 0 spiro atoms. The van der Waals surface area contributed by atoms with Gasteiger partial charge in [-0.15, -0.1) is 0 Å². The molecule has 2 bridgehead atoms. The highest BCUT2D eigenvalue weighted by Gasteiger charge is 2.34. The summed E-state index contributed by atoms with van der Waals surface area (Å²) in [5, 5.41) is 6.87. The molecule has 2 heterocycles. The van der Waals surface area contributed by atoms with Crippen molar-refractivity contribution in [2.75, 3.05) is 6.54 Å². The van der Waals surface area contributed by atoms with E-state index in [2.05, 4.69) is 17.6 Å². The summed E-state index contributed by atoms with van der Waals surface area (Å²) < 4.78 is 0. The molecule has 0 aromatic rings. The largest absolute Gasteiger partial charge is 0.356 e. The minimum atomic E-state index is 0.300. The summed E-state index contributed by atoms with van der Waals surface area (Å²) in [6.07, 6.45) is 11.2. The topological polar surface area (TPSA) is 41.1 Å². The third-order valence-electron chi connectivity index (χ3n) is 5.90. The average molecular weight is 278 g/mol. The van der Waals surface area contributed by atoms with Crippen LogP contribution in [0.3, 0.4) is 0 Å². The number of carbonyl (C=O) groups is 1. The quantitative estimate of drug-likeness (QED) is 0.830. The van der Waals surface area contributed by atoms with Crippen LogP contribution in [0.4, 0.5) is 0 Å². The molecule has 0 radical (unpaired) electrons. The Balaban J connectivity index is 1.39. The molecule has 1 aliphatic carbocycles. The van der Waals surface area contributed by atoms with Crippen LogP contribution in [0.5, 0.6) is 0 Å². The van der Waals surface area contributed by atoms with Crippen molar-refractivity contribution in [1.82, 2.24) is 10.6 Å². The first-order valence-electron chi connectivity index (χ1n) is 8.73. The molecule has 4 atom stereocenters. The SMILES string of the molecule is CC1CCCCC1CNC(=O)CC1CC2CCC(C1)N2. The van der Waals surface area contributed by atoms with Gasteiger partial charge in [0.25, 0.3) is 0 Å². The van der Waals surface area contributed by atoms with Gasteiger partial charge in [-0.25, -0.2) is 0 Å². The van der Waals surface area contributed by atoms with Gasteiger partial charge >= 0.3 is 0 Å². The van der Waals surface area contributed by atoms with Crippen molar-refractivity contribution in [1.29, 1.82) is 0 Å². The molecule has 0 aromatic carbocycles. The highest BCUT2D eigenvalue weighted by Crippen LogP contribution is 2.33. The second kappa shape index (κ2) is 6.46. The maximum Gasteiger partial charge on any atom is 0.220 e. The minimum absolute atomic E-state index is 0.300. The van der Waals surface area contributed by atoms with Crippen LogP contribution in [0.1, 0.15) is 64.7 Å². The van der Waals surface area contributed by atoms with E-state index in [1.807, 2.05) is 0 Å². The van der Waals surface area contributed by atoms with Crippen LogP contribution in [0.25, 0.3) is 0 Å². The number of nitrogens with one attached hydrogen (secondary N) is 2. The van der Waals surface area contributed by atoms with Gasteiger partial charge in [-0.3, -0.25) is 4.79 Å². The summed E-state index contributed by atoms with van der Waals surface area (Å²) in [5.74, 6) is 2.43. The second-order valence-electron chi connectivity index (χ2n) is 7.51. The highest BCUT2D eigenvalue weighted by molar-refractivity contribution is 5.76. The van der Waals surface area contributed by atoms with Gasteiger partial charge in [-0.05, 0) is 49.9 Å². The van der Waals surface area contributed by atoms with Gasteiger partial charge in [0.15, 0.2) is 0 Å². The van der Waals surface area contributed by atoms with E-state index in [0.29, 0.717) is 23.9 Å². The fourth-order valence-electron chi connectivity index (χ4n) is 4.62. The maximum absolute atomic E-state index is 12.2. The Morgan fingerprint density at radius 3 is 2.50 bits per heavy atom. The number of fused-ring (bicyclic) bond motifs is 2. The van der Waals surface area contributed by atoms with E-state index in [9.17, 15) is 4.79 Å². The van der Waals surface area contributed by atoms with Crippen molar-refractivity contribution in [3.63, 3.8) is 0 Å². The standard InChI is InChI=1S/C17H30N2O/c1-12-4-2-3-5-14(12)11-18-17(20)10-13-8-15-6-7-16(9-13)19-15/h12-16,19H,2-11H2,1H3,(H,18,20). The molecule has 3 aliphatic rings. The Hall–Kier alpha value is -0.570. The Morgan fingerprint density at radius 1 is 1.10 bits per heavy atom. The molecule has 1 saturated carbocycles. The number of amides is 1. The van der Waals surface area contributed by atoms with Gasteiger partial charge in [-0.2, -0.15) is 0 Å². The van der Waals surface area contributed by atoms with E-state index in [1.54, 1.807) is 0 Å². The first-order valence-corrected chi connectivity index (χ1v) is 8.73. The molecule has 2 saturated heterocycles. The van der Waals surface area contributed by atoms with Gasteiger partial charge in [0.2, 0.25) is 5.91 Å². The lowest BCUT2D eigenvalue weighted by Crippen LogP contribution is -2.40. The van der Waals surface area contributed by atoms with E-state index < -0.39 is 0 Å². The van der Waals surface area contributed by atoms with Crippen molar-refractivity contribution in [2.45, 2.75) is 76.8 Å². The fourth-order valence-corrected chi connectivity index (χ4v) is 4.62. The van der Waals surface area contributed by atoms with Crippen LogP contribution >= 0.6 is 0 Å².